The number of hydrogen-bond donors (Lipinski definition) is 1. The van der Waals surface area contributed by atoms with Gasteiger partial charge in [-0.15, -0.1) is 0 Å². The summed E-state index contributed by atoms with van der Waals surface area (Å²) in [4.78, 5) is 13.9. The number of aryl methyl sites for hydroxylation is 1. The molecule has 2 aromatic carbocycles. The molecule has 3 nitrogen and oxygen atoms in total. The second kappa shape index (κ2) is 8.41. The summed E-state index contributed by atoms with van der Waals surface area (Å²) in [5.41, 5.74) is 1.19. The van der Waals surface area contributed by atoms with Crippen LogP contribution in [0.4, 0.5) is 23.2 Å². The fourth-order valence-corrected chi connectivity index (χ4v) is 3.22. The maximum absolute atomic E-state index is 13.4. The maximum atomic E-state index is 13.4. The molecule has 0 aromatic heterocycles. The van der Waals surface area contributed by atoms with Crippen LogP contribution in [0.2, 0.25) is 0 Å². The lowest BCUT2D eigenvalue weighted by molar-refractivity contribution is -0.121. The number of hydrogen-bond acceptors (Lipinski definition) is 2. The molecular formula is C20H20F4N2O. The first-order chi connectivity index (χ1) is 12.9. The number of carbonyl (C=O) groups excluding carboxylic acids is 1. The van der Waals surface area contributed by atoms with E-state index in [2.05, 4.69) is 5.32 Å². The molecule has 1 unspecified atom stereocenters. The second-order valence-corrected chi connectivity index (χ2v) is 6.75. The van der Waals surface area contributed by atoms with Crippen molar-refractivity contribution in [3.05, 3.63) is 65.2 Å². The van der Waals surface area contributed by atoms with E-state index in [1.807, 2.05) is 4.90 Å². The molecule has 1 aliphatic rings. The van der Waals surface area contributed by atoms with Crippen molar-refractivity contribution in [2.45, 2.75) is 19.3 Å². The summed E-state index contributed by atoms with van der Waals surface area (Å²) < 4.78 is 52.4. The van der Waals surface area contributed by atoms with Gasteiger partial charge in [0.05, 0.1) is 0 Å². The van der Waals surface area contributed by atoms with Gasteiger partial charge in [0.15, 0.2) is 23.3 Å². The number of benzene rings is 2. The van der Waals surface area contributed by atoms with Crippen molar-refractivity contribution in [3.63, 3.8) is 0 Å². The third-order valence-corrected chi connectivity index (χ3v) is 4.77. The molecule has 0 saturated carbocycles. The largest absolute Gasteiger partial charge is 0.371 e. The number of nitrogens with one attached hydrogen (secondary N) is 1. The molecular weight excluding hydrogens is 360 g/mol. The predicted molar refractivity (Wildman–Crippen MR) is 94.4 cm³/mol. The van der Waals surface area contributed by atoms with E-state index in [1.54, 1.807) is 6.07 Å². The van der Waals surface area contributed by atoms with Crippen LogP contribution in [0.1, 0.15) is 18.4 Å². The Kier molecular flexibility index (Phi) is 5.98. The Bertz CT molecular complexity index is 828. The van der Waals surface area contributed by atoms with E-state index in [4.69, 9.17) is 0 Å². The summed E-state index contributed by atoms with van der Waals surface area (Å²) in [6, 6.07) is 7.44. The molecule has 27 heavy (non-hydrogen) atoms. The van der Waals surface area contributed by atoms with Gasteiger partial charge < -0.3 is 10.2 Å². The normalized spacial score (nSPS) is 16.6. The zero-order valence-electron chi connectivity index (χ0n) is 14.7. The smallest absolute Gasteiger partial charge is 0.220 e. The fourth-order valence-electron chi connectivity index (χ4n) is 3.22. The molecule has 7 heteroatoms. The molecule has 1 saturated heterocycles. The van der Waals surface area contributed by atoms with Crippen molar-refractivity contribution in [1.82, 2.24) is 5.32 Å². The standard InChI is InChI=1S/C20H20F4N2O/c21-16-4-1-13(9-18(16)23)2-6-20(27)25-11-14-7-8-26(12-14)15-3-5-17(22)19(24)10-15/h1,3-5,9-10,14H,2,6-8,11-12H2,(H,25,27). The number of nitrogens with zero attached hydrogens (tertiary/aromatic N) is 1. The fraction of sp³-hybridized carbons (Fsp3) is 0.350. The number of rotatable bonds is 6. The number of anilines is 1. The van der Waals surface area contributed by atoms with Crippen LogP contribution in [-0.2, 0) is 11.2 Å². The summed E-state index contributed by atoms with van der Waals surface area (Å²) in [7, 11) is 0. The Balaban J connectivity index is 1.43. The van der Waals surface area contributed by atoms with Gasteiger partial charge in [0.2, 0.25) is 5.91 Å². The van der Waals surface area contributed by atoms with Crippen molar-refractivity contribution in [3.8, 4) is 0 Å². The summed E-state index contributed by atoms with van der Waals surface area (Å²) >= 11 is 0. The Hall–Kier alpha value is -2.57. The Labute approximate surface area is 155 Å². The first kappa shape index (κ1) is 19.2. The quantitative estimate of drug-likeness (QED) is 0.773. The van der Waals surface area contributed by atoms with E-state index < -0.39 is 23.3 Å². The number of halogens is 4. The van der Waals surface area contributed by atoms with E-state index in [9.17, 15) is 22.4 Å². The minimum absolute atomic E-state index is 0.161. The lowest BCUT2D eigenvalue weighted by atomic mass is 10.1. The Morgan fingerprint density at radius 2 is 1.70 bits per heavy atom. The van der Waals surface area contributed by atoms with Crippen molar-refractivity contribution >= 4 is 11.6 Å². The highest BCUT2D eigenvalue weighted by atomic mass is 19.2. The molecule has 3 rings (SSSR count). The molecule has 0 bridgehead atoms. The van der Waals surface area contributed by atoms with Crippen LogP contribution in [0.15, 0.2) is 36.4 Å². The van der Waals surface area contributed by atoms with E-state index in [0.29, 0.717) is 37.3 Å². The summed E-state index contributed by atoms with van der Waals surface area (Å²) in [5.74, 6) is -3.52. The highest BCUT2D eigenvalue weighted by Crippen LogP contribution is 2.25. The first-order valence-electron chi connectivity index (χ1n) is 8.83. The van der Waals surface area contributed by atoms with Gasteiger partial charge in [0.25, 0.3) is 0 Å². The van der Waals surface area contributed by atoms with Crippen LogP contribution in [0, 0.1) is 29.2 Å². The van der Waals surface area contributed by atoms with Gasteiger partial charge in [-0.2, -0.15) is 0 Å². The molecule has 1 atom stereocenters. The van der Waals surface area contributed by atoms with Gasteiger partial charge in [-0.1, -0.05) is 6.07 Å². The zero-order chi connectivity index (χ0) is 19.4. The van der Waals surface area contributed by atoms with E-state index in [0.717, 1.165) is 24.6 Å². The van der Waals surface area contributed by atoms with Gasteiger partial charge in [0, 0.05) is 37.8 Å². The van der Waals surface area contributed by atoms with Gasteiger partial charge >= 0.3 is 0 Å². The molecule has 1 aliphatic heterocycles. The average molecular weight is 380 g/mol. The van der Waals surface area contributed by atoms with Gasteiger partial charge in [-0.25, -0.2) is 17.6 Å². The van der Waals surface area contributed by atoms with E-state index in [1.165, 1.54) is 12.1 Å². The second-order valence-electron chi connectivity index (χ2n) is 6.75. The average Bonchev–Trinajstić information content (AvgIpc) is 3.12. The molecule has 2 aromatic rings. The molecule has 144 valence electrons. The molecule has 1 heterocycles. The van der Waals surface area contributed by atoms with Crippen molar-refractivity contribution in [1.29, 1.82) is 0 Å². The first-order valence-corrected chi connectivity index (χ1v) is 8.83. The third-order valence-electron chi connectivity index (χ3n) is 4.77. The van der Waals surface area contributed by atoms with Crippen LogP contribution in [0.25, 0.3) is 0 Å². The Morgan fingerprint density at radius 1 is 1.00 bits per heavy atom. The van der Waals surface area contributed by atoms with Gasteiger partial charge in [-0.05, 0) is 48.6 Å². The lowest BCUT2D eigenvalue weighted by Gasteiger charge is -2.19. The third kappa shape index (κ3) is 4.99. The monoisotopic (exact) mass is 380 g/mol. The lowest BCUT2D eigenvalue weighted by Crippen LogP contribution is -2.31. The molecule has 1 fully saturated rings. The van der Waals surface area contributed by atoms with Gasteiger partial charge in [-0.3, -0.25) is 4.79 Å². The van der Waals surface area contributed by atoms with Crippen LogP contribution in [0.3, 0.4) is 0 Å². The molecule has 1 N–H and O–H groups in total. The van der Waals surface area contributed by atoms with Gasteiger partial charge in [0.1, 0.15) is 0 Å². The SMILES string of the molecule is O=C(CCc1ccc(F)c(F)c1)NCC1CCN(c2ccc(F)c(F)c2)C1. The Morgan fingerprint density at radius 3 is 2.41 bits per heavy atom. The topological polar surface area (TPSA) is 32.3 Å². The maximum Gasteiger partial charge on any atom is 0.220 e. The van der Waals surface area contributed by atoms with Crippen molar-refractivity contribution in [2.24, 2.45) is 5.92 Å². The zero-order valence-corrected chi connectivity index (χ0v) is 14.7. The minimum Gasteiger partial charge on any atom is -0.371 e. The van der Waals surface area contributed by atoms with Crippen molar-refractivity contribution < 1.29 is 22.4 Å². The highest BCUT2D eigenvalue weighted by molar-refractivity contribution is 5.76. The van der Waals surface area contributed by atoms with Crippen LogP contribution in [0.5, 0.6) is 0 Å². The van der Waals surface area contributed by atoms with E-state index >= 15 is 0 Å². The van der Waals surface area contributed by atoms with E-state index in [-0.39, 0.29) is 18.2 Å². The molecule has 0 spiro atoms. The number of carbonyl (C=O) groups is 1. The molecule has 0 radical (unpaired) electrons. The predicted octanol–water partition coefficient (Wildman–Crippen LogP) is 3.82. The highest BCUT2D eigenvalue weighted by Gasteiger charge is 2.23. The van der Waals surface area contributed by atoms with Crippen LogP contribution in [-0.4, -0.2) is 25.5 Å². The van der Waals surface area contributed by atoms with Crippen molar-refractivity contribution in [2.75, 3.05) is 24.5 Å². The molecule has 1 amide bonds. The summed E-state index contributed by atoms with van der Waals surface area (Å²) in [6.07, 6.45) is 1.35. The van der Waals surface area contributed by atoms with Crippen LogP contribution < -0.4 is 10.2 Å². The van der Waals surface area contributed by atoms with Crippen LogP contribution >= 0.6 is 0 Å². The summed E-state index contributed by atoms with van der Waals surface area (Å²) in [6.45, 7) is 1.84. The minimum atomic E-state index is -0.920. The number of amides is 1. The molecule has 0 aliphatic carbocycles. The summed E-state index contributed by atoms with van der Waals surface area (Å²) in [5, 5.41) is 2.85.